The molecule has 0 aliphatic rings. The summed E-state index contributed by atoms with van der Waals surface area (Å²) in [4.78, 5) is 1.10. The van der Waals surface area contributed by atoms with Crippen molar-refractivity contribution in [2.75, 3.05) is 0 Å². The molecule has 3 aromatic heterocycles. The van der Waals surface area contributed by atoms with Gasteiger partial charge in [-0.15, -0.1) is 21.5 Å². The summed E-state index contributed by atoms with van der Waals surface area (Å²) in [5.74, 6) is 1.81. The van der Waals surface area contributed by atoms with Crippen molar-refractivity contribution in [1.29, 1.82) is 0 Å². The lowest BCUT2D eigenvalue weighted by molar-refractivity contribution is 0.646. The standard InChI is InChI=1S/C11H12N6S2/c1-16-7-12-13-9(16)4-5-17-10(14-15-11(17)18)8-3-2-6-19-8/h2-3,6-7H,4-5H2,1H3,(H,15,18). The van der Waals surface area contributed by atoms with Crippen molar-refractivity contribution >= 4 is 23.6 Å². The van der Waals surface area contributed by atoms with Crippen molar-refractivity contribution in [2.24, 2.45) is 7.05 Å². The summed E-state index contributed by atoms with van der Waals surface area (Å²) >= 11 is 6.93. The van der Waals surface area contributed by atoms with E-state index in [0.717, 1.165) is 29.5 Å². The van der Waals surface area contributed by atoms with Crippen LogP contribution in [0.25, 0.3) is 10.7 Å². The number of nitrogens with one attached hydrogen (secondary N) is 1. The van der Waals surface area contributed by atoms with Crippen molar-refractivity contribution < 1.29 is 0 Å². The molecule has 3 aromatic rings. The fraction of sp³-hybridized carbons (Fsp3) is 0.273. The summed E-state index contributed by atoms with van der Waals surface area (Å²) in [5.41, 5.74) is 0. The quantitative estimate of drug-likeness (QED) is 0.747. The van der Waals surface area contributed by atoms with Crippen LogP contribution in [0.4, 0.5) is 0 Å². The molecular formula is C11H12N6S2. The molecule has 19 heavy (non-hydrogen) atoms. The summed E-state index contributed by atoms with van der Waals surface area (Å²) in [5, 5.41) is 17.1. The van der Waals surface area contributed by atoms with E-state index in [9.17, 15) is 0 Å². The van der Waals surface area contributed by atoms with Gasteiger partial charge in [0.15, 0.2) is 10.6 Å². The van der Waals surface area contributed by atoms with Crippen LogP contribution in [0.15, 0.2) is 23.8 Å². The Morgan fingerprint density at radius 2 is 2.37 bits per heavy atom. The Labute approximate surface area is 118 Å². The van der Waals surface area contributed by atoms with Crippen LogP contribution in [0.2, 0.25) is 0 Å². The van der Waals surface area contributed by atoms with Gasteiger partial charge in [0.05, 0.1) is 4.88 Å². The molecule has 0 radical (unpaired) electrons. The van der Waals surface area contributed by atoms with Crippen molar-refractivity contribution in [1.82, 2.24) is 29.5 Å². The van der Waals surface area contributed by atoms with Crippen molar-refractivity contribution in [2.45, 2.75) is 13.0 Å². The van der Waals surface area contributed by atoms with Gasteiger partial charge in [-0.3, -0.25) is 9.67 Å². The fourth-order valence-electron chi connectivity index (χ4n) is 1.86. The lowest BCUT2D eigenvalue weighted by atomic mass is 10.3. The van der Waals surface area contributed by atoms with Gasteiger partial charge in [-0.05, 0) is 23.7 Å². The van der Waals surface area contributed by atoms with E-state index in [-0.39, 0.29) is 0 Å². The zero-order chi connectivity index (χ0) is 13.2. The zero-order valence-corrected chi connectivity index (χ0v) is 11.9. The molecule has 8 heteroatoms. The number of rotatable bonds is 4. The molecule has 0 aromatic carbocycles. The van der Waals surface area contributed by atoms with Crippen LogP contribution in [0.3, 0.4) is 0 Å². The number of aryl methyl sites for hydroxylation is 2. The van der Waals surface area contributed by atoms with E-state index in [1.807, 2.05) is 33.7 Å². The maximum Gasteiger partial charge on any atom is 0.195 e. The Bertz CT molecular complexity index is 721. The maximum absolute atomic E-state index is 5.28. The van der Waals surface area contributed by atoms with Crippen LogP contribution in [-0.2, 0) is 20.0 Å². The molecule has 3 heterocycles. The van der Waals surface area contributed by atoms with E-state index in [4.69, 9.17) is 12.2 Å². The molecule has 0 aliphatic carbocycles. The zero-order valence-electron chi connectivity index (χ0n) is 10.3. The number of thiophene rings is 1. The highest BCUT2D eigenvalue weighted by Gasteiger charge is 2.10. The Morgan fingerprint density at radius 3 is 3.05 bits per heavy atom. The van der Waals surface area contributed by atoms with Gasteiger partial charge in [0.2, 0.25) is 0 Å². The van der Waals surface area contributed by atoms with Crippen molar-refractivity contribution in [3.8, 4) is 10.7 Å². The molecular weight excluding hydrogens is 280 g/mol. The summed E-state index contributed by atoms with van der Waals surface area (Å²) in [6.07, 6.45) is 2.47. The lowest BCUT2D eigenvalue weighted by Gasteiger charge is -2.05. The minimum absolute atomic E-state index is 0.630. The van der Waals surface area contributed by atoms with Gasteiger partial charge in [0, 0.05) is 20.0 Å². The van der Waals surface area contributed by atoms with Crippen molar-refractivity contribution in [3.63, 3.8) is 0 Å². The summed E-state index contributed by atoms with van der Waals surface area (Å²) in [6, 6.07) is 4.04. The highest BCUT2D eigenvalue weighted by atomic mass is 32.1. The topological polar surface area (TPSA) is 64.3 Å². The van der Waals surface area contributed by atoms with Gasteiger partial charge in [-0.2, -0.15) is 5.10 Å². The summed E-state index contributed by atoms with van der Waals surface area (Å²) in [7, 11) is 1.93. The third-order valence-corrected chi connectivity index (χ3v) is 4.04. The highest BCUT2D eigenvalue weighted by Crippen LogP contribution is 2.22. The molecule has 0 saturated heterocycles. The molecule has 0 unspecified atom stereocenters. The van der Waals surface area contributed by atoms with Gasteiger partial charge >= 0.3 is 0 Å². The molecule has 98 valence electrons. The van der Waals surface area contributed by atoms with Crippen LogP contribution in [0.1, 0.15) is 5.82 Å². The third kappa shape index (κ3) is 2.36. The number of aromatic nitrogens is 6. The number of H-pyrrole nitrogens is 1. The SMILES string of the molecule is Cn1cnnc1CCn1c(-c2cccs2)n[nH]c1=S. The second-order valence-corrected chi connectivity index (χ2v) is 5.42. The molecule has 0 spiro atoms. The maximum atomic E-state index is 5.28. The van der Waals surface area contributed by atoms with Gasteiger partial charge in [-0.1, -0.05) is 6.07 Å². The predicted molar refractivity (Wildman–Crippen MR) is 75.4 cm³/mol. The Balaban J connectivity index is 1.87. The molecule has 0 aliphatic heterocycles. The second-order valence-electron chi connectivity index (χ2n) is 4.09. The van der Waals surface area contributed by atoms with E-state index in [0.29, 0.717) is 4.77 Å². The largest absolute Gasteiger partial charge is 0.321 e. The molecule has 6 nitrogen and oxygen atoms in total. The van der Waals surface area contributed by atoms with Crippen molar-refractivity contribution in [3.05, 3.63) is 34.4 Å². The number of nitrogens with zero attached hydrogens (tertiary/aromatic N) is 5. The highest BCUT2D eigenvalue weighted by molar-refractivity contribution is 7.71. The Kier molecular flexibility index (Phi) is 3.26. The van der Waals surface area contributed by atoms with Crippen LogP contribution < -0.4 is 0 Å². The smallest absolute Gasteiger partial charge is 0.195 e. The van der Waals surface area contributed by atoms with Gasteiger partial charge in [0.25, 0.3) is 0 Å². The van der Waals surface area contributed by atoms with Gasteiger partial charge < -0.3 is 4.57 Å². The van der Waals surface area contributed by atoms with Gasteiger partial charge in [0.1, 0.15) is 12.2 Å². The van der Waals surface area contributed by atoms with E-state index in [2.05, 4.69) is 20.4 Å². The van der Waals surface area contributed by atoms with E-state index >= 15 is 0 Å². The Hall–Kier alpha value is -1.80. The summed E-state index contributed by atoms with van der Waals surface area (Å²) < 4.78 is 4.54. The average molecular weight is 292 g/mol. The number of hydrogen-bond acceptors (Lipinski definition) is 5. The van der Waals surface area contributed by atoms with Crippen LogP contribution in [0, 0.1) is 4.77 Å². The normalized spacial score (nSPS) is 11.0. The molecule has 0 amide bonds. The first-order valence-electron chi connectivity index (χ1n) is 5.77. The first-order chi connectivity index (χ1) is 9.25. The molecule has 1 N–H and O–H groups in total. The minimum Gasteiger partial charge on any atom is -0.321 e. The monoisotopic (exact) mass is 292 g/mol. The van der Waals surface area contributed by atoms with E-state index in [1.165, 1.54) is 0 Å². The van der Waals surface area contributed by atoms with E-state index in [1.54, 1.807) is 17.7 Å². The average Bonchev–Trinajstić information content (AvgIpc) is 3.09. The Morgan fingerprint density at radius 1 is 1.47 bits per heavy atom. The first-order valence-corrected chi connectivity index (χ1v) is 7.06. The van der Waals surface area contributed by atoms with E-state index < -0.39 is 0 Å². The predicted octanol–water partition coefficient (Wildman–Crippen LogP) is 2.04. The molecule has 0 atom stereocenters. The summed E-state index contributed by atoms with van der Waals surface area (Å²) in [6.45, 7) is 0.731. The third-order valence-electron chi connectivity index (χ3n) is 2.86. The second kappa shape index (κ2) is 5.06. The van der Waals surface area contributed by atoms with Crippen LogP contribution >= 0.6 is 23.6 Å². The molecule has 0 saturated carbocycles. The molecule has 3 rings (SSSR count). The van der Waals surface area contributed by atoms with Crippen LogP contribution in [0.5, 0.6) is 0 Å². The fourth-order valence-corrected chi connectivity index (χ4v) is 2.81. The molecule has 0 bridgehead atoms. The lowest BCUT2D eigenvalue weighted by Crippen LogP contribution is -2.07. The molecule has 0 fully saturated rings. The minimum atomic E-state index is 0.630. The van der Waals surface area contributed by atoms with Crippen LogP contribution in [-0.4, -0.2) is 29.5 Å². The number of aromatic amines is 1. The first kappa shape index (κ1) is 12.2. The van der Waals surface area contributed by atoms with Gasteiger partial charge in [-0.25, -0.2) is 0 Å². The number of hydrogen-bond donors (Lipinski definition) is 1.